The number of carbonyl (C=O) groups excluding carboxylic acids is 1. The summed E-state index contributed by atoms with van der Waals surface area (Å²) in [6.07, 6.45) is 6.82. The summed E-state index contributed by atoms with van der Waals surface area (Å²) < 4.78 is 0. The second-order valence-corrected chi connectivity index (χ2v) is 7.57. The SMILES string of the molecule is Cc1ccc(Cl)cc1N1CCN(C(=O)[C@@H]2C[C@@H]3C=C[C@H]2C3)CC1. The Bertz CT molecular complexity index is 649. The number of benzene rings is 1. The van der Waals surface area contributed by atoms with Gasteiger partial charge in [0.2, 0.25) is 5.91 Å². The highest BCUT2D eigenvalue weighted by Crippen LogP contribution is 2.44. The third-order valence-corrected chi connectivity index (χ3v) is 5.93. The van der Waals surface area contributed by atoms with Crippen LogP contribution in [0.1, 0.15) is 18.4 Å². The van der Waals surface area contributed by atoms with Gasteiger partial charge in [-0.15, -0.1) is 0 Å². The molecule has 1 saturated heterocycles. The van der Waals surface area contributed by atoms with Gasteiger partial charge in [-0.2, -0.15) is 0 Å². The molecule has 1 amide bonds. The van der Waals surface area contributed by atoms with E-state index >= 15 is 0 Å². The average Bonchev–Trinajstić information content (AvgIpc) is 3.20. The second kappa shape index (κ2) is 5.86. The van der Waals surface area contributed by atoms with Crippen LogP contribution in [0.2, 0.25) is 5.02 Å². The van der Waals surface area contributed by atoms with E-state index in [1.54, 1.807) is 0 Å². The van der Waals surface area contributed by atoms with Crippen LogP contribution in [0.4, 0.5) is 5.69 Å². The van der Waals surface area contributed by atoms with Crippen molar-refractivity contribution in [2.24, 2.45) is 17.8 Å². The van der Waals surface area contributed by atoms with E-state index in [1.807, 2.05) is 12.1 Å². The molecule has 3 atom stereocenters. The lowest BCUT2D eigenvalue weighted by atomic mass is 9.92. The number of piperazine rings is 1. The van der Waals surface area contributed by atoms with Crippen LogP contribution in [-0.4, -0.2) is 37.0 Å². The van der Waals surface area contributed by atoms with Crippen LogP contribution in [0.5, 0.6) is 0 Å². The quantitative estimate of drug-likeness (QED) is 0.775. The Kier molecular flexibility index (Phi) is 3.84. The molecule has 1 aromatic carbocycles. The number of anilines is 1. The van der Waals surface area contributed by atoms with Crippen LogP contribution >= 0.6 is 11.6 Å². The van der Waals surface area contributed by atoms with E-state index in [0.717, 1.165) is 37.6 Å². The van der Waals surface area contributed by atoms with Gasteiger partial charge in [0.05, 0.1) is 0 Å². The van der Waals surface area contributed by atoms with Crippen LogP contribution in [0.3, 0.4) is 0 Å². The number of hydrogen-bond acceptors (Lipinski definition) is 2. The molecule has 1 heterocycles. The highest BCUT2D eigenvalue weighted by atomic mass is 35.5. The number of halogens is 1. The Morgan fingerprint density at radius 2 is 1.91 bits per heavy atom. The maximum absolute atomic E-state index is 12.8. The zero-order chi connectivity index (χ0) is 16.0. The molecule has 0 N–H and O–H groups in total. The third kappa shape index (κ3) is 2.76. The van der Waals surface area contributed by atoms with Crippen molar-refractivity contribution >= 4 is 23.2 Å². The fraction of sp³-hybridized carbons (Fsp3) is 0.526. The Morgan fingerprint density at radius 3 is 2.57 bits per heavy atom. The van der Waals surface area contributed by atoms with Gasteiger partial charge < -0.3 is 9.80 Å². The molecule has 4 heteroatoms. The third-order valence-electron chi connectivity index (χ3n) is 5.70. The summed E-state index contributed by atoms with van der Waals surface area (Å²) in [5.74, 6) is 1.78. The lowest BCUT2D eigenvalue weighted by molar-refractivity contribution is -0.136. The molecule has 0 unspecified atom stereocenters. The van der Waals surface area contributed by atoms with E-state index in [-0.39, 0.29) is 5.92 Å². The van der Waals surface area contributed by atoms with Gasteiger partial charge in [-0.3, -0.25) is 4.79 Å². The van der Waals surface area contributed by atoms with Crippen molar-refractivity contribution < 1.29 is 4.79 Å². The summed E-state index contributed by atoms with van der Waals surface area (Å²) in [7, 11) is 0. The van der Waals surface area contributed by atoms with Gasteiger partial charge in [-0.1, -0.05) is 29.8 Å². The maximum Gasteiger partial charge on any atom is 0.226 e. The summed E-state index contributed by atoms with van der Waals surface area (Å²) in [6, 6.07) is 6.04. The lowest BCUT2D eigenvalue weighted by Gasteiger charge is -2.38. The molecule has 23 heavy (non-hydrogen) atoms. The molecule has 2 fully saturated rings. The molecule has 3 aliphatic rings. The Labute approximate surface area is 142 Å². The van der Waals surface area contributed by atoms with Crippen molar-refractivity contribution in [1.29, 1.82) is 0 Å². The summed E-state index contributed by atoms with van der Waals surface area (Å²) in [5, 5.41) is 0.776. The van der Waals surface area contributed by atoms with E-state index < -0.39 is 0 Å². The largest absolute Gasteiger partial charge is 0.368 e. The number of amides is 1. The molecule has 2 bridgehead atoms. The Hall–Kier alpha value is -1.48. The van der Waals surface area contributed by atoms with E-state index in [4.69, 9.17) is 11.6 Å². The molecule has 1 aliphatic heterocycles. The molecule has 122 valence electrons. The zero-order valence-electron chi connectivity index (χ0n) is 13.5. The maximum atomic E-state index is 12.8. The van der Waals surface area contributed by atoms with E-state index in [0.29, 0.717) is 17.7 Å². The molecule has 0 spiro atoms. The van der Waals surface area contributed by atoms with E-state index in [9.17, 15) is 4.79 Å². The number of carbonyl (C=O) groups is 1. The van der Waals surface area contributed by atoms with Gasteiger partial charge in [0.25, 0.3) is 0 Å². The van der Waals surface area contributed by atoms with Crippen LogP contribution in [-0.2, 0) is 4.79 Å². The first-order valence-corrected chi connectivity index (χ1v) is 8.98. The number of rotatable bonds is 2. The molecule has 1 saturated carbocycles. The molecule has 1 aromatic rings. The molecular weight excluding hydrogens is 308 g/mol. The molecule has 3 nitrogen and oxygen atoms in total. The second-order valence-electron chi connectivity index (χ2n) is 7.13. The smallest absolute Gasteiger partial charge is 0.226 e. The van der Waals surface area contributed by atoms with Gasteiger partial charge in [0, 0.05) is 42.8 Å². The Balaban J connectivity index is 1.40. The monoisotopic (exact) mass is 330 g/mol. The van der Waals surface area contributed by atoms with Crippen molar-refractivity contribution in [2.45, 2.75) is 19.8 Å². The van der Waals surface area contributed by atoms with Gasteiger partial charge >= 0.3 is 0 Å². The summed E-state index contributed by atoms with van der Waals surface area (Å²) in [6.45, 7) is 5.54. The highest BCUT2D eigenvalue weighted by Gasteiger charge is 2.41. The number of nitrogens with zero attached hydrogens (tertiary/aromatic N) is 2. The highest BCUT2D eigenvalue weighted by molar-refractivity contribution is 6.30. The minimum absolute atomic E-state index is 0.240. The molecular formula is C19H23ClN2O. The first kappa shape index (κ1) is 15.1. The normalized spacial score (nSPS) is 29.4. The van der Waals surface area contributed by atoms with Crippen LogP contribution in [0.15, 0.2) is 30.4 Å². The van der Waals surface area contributed by atoms with Crippen molar-refractivity contribution in [1.82, 2.24) is 4.90 Å². The van der Waals surface area contributed by atoms with E-state index in [2.05, 4.69) is 34.9 Å². The fourth-order valence-corrected chi connectivity index (χ4v) is 4.56. The summed E-state index contributed by atoms with van der Waals surface area (Å²) >= 11 is 6.14. The van der Waals surface area contributed by atoms with E-state index in [1.165, 1.54) is 17.7 Å². The zero-order valence-corrected chi connectivity index (χ0v) is 14.3. The average molecular weight is 331 g/mol. The first-order chi connectivity index (χ1) is 11.1. The standard InChI is InChI=1S/C19H23ClN2O/c1-13-2-5-16(20)12-18(13)21-6-8-22(9-7-21)19(23)17-11-14-3-4-15(17)10-14/h2-5,12,14-15,17H,6-11H2,1H3/t14-,15+,17-/m1/s1. The topological polar surface area (TPSA) is 23.6 Å². The molecule has 4 rings (SSSR count). The van der Waals surface area contributed by atoms with Crippen LogP contribution < -0.4 is 4.90 Å². The fourth-order valence-electron chi connectivity index (χ4n) is 4.39. The molecule has 2 aliphatic carbocycles. The van der Waals surface area contributed by atoms with Gasteiger partial charge in [0.1, 0.15) is 0 Å². The van der Waals surface area contributed by atoms with Gasteiger partial charge in [-0.05, 0) is 49.3 Å². The predicted molar refractivity (Wildman–Crippen MR) is 93.8 cm³/mol. The first-order valence-electron chi connectivity index (χ1n) is 8.60. The van der Waals surface area contributed by atoms with Crippen molar-refractivity contribution in [2.75, 3.05) is 31.1 Å². The van der Waals surface area contributed by atoms with Crippen molar-refractivity contribution in [3.05, 3.63) is 40.9 Å². The van der Waals surface area contributed by atoms with Crippen molar-refractivity contribution in [3.63, 3.8) is 0 Å². The molecule has 0 aromatic heterocycles. The summed E-state index contributed by atoms with van der Waals surface area (Å²) in [5.41, 5.74) is 2.44. The van der Waals surface area contributed by atoms with Gasteiger partial charge in [-0.25, -0.2) is 0 Å². The van der Waals surface area contributed by atoms with Crippen LogP contribution in [0.25, 0.3) is 0 Å². The number of hydrogen-bond donors (Lipinski definition) is 0. The number of fused-ring (bicyclic) bond motifs is 2. The minimum atomic E-state index is 0.240. The van der Waals surface area contributed by atoms with Gasteiger partial charge in [0.15, 0.2) is 0 Å². The lowest BCUT2D eigenvalue weighted by Crippen LogP contribution is -2.51. The Morgan fingerprint density at radius 1 is 1.13 bits per heavy atom. The summed E-state index contributed by atoms with van der Waals surface area (Å²) in [4.78, 5) is 17.2. The minimum Gasteiger partial charge on any atom is -0.368 e. The van der Waals surface area contributed by atoms with Crippen LogP contribution in [0, 0.1) is 24.7 Å². The van der Waals surface area contributed by atoms with Crippen molar-refractivity contribution in [3.8, 4) is 0 Å². The number of aryl methyl sites for hydroxylation is 1. The number of allylic oxidation sites excluding steroid dienone is 2. The predicted octanol–water partition coefficient (Wildman–Crippen LogP) is 3.51. The molecule has 0 radical (unpaired) electrons.